The van der Waals surface area contributed by atoms with Crippen LogP contribution in [0.15, 0.2) is 47.6 Å². The van der Waals surface area contributed by atoms with E-state index in [-0.39, 0.29) is 11.4 Å². The molecule has 0 radical (unpaired) electrons. The third-order valence-corrected chi connectivity index (χ3v) is 5.33. The zero-order valence-corrected chi connectivity index (χ0v) is 18.4. The Morgan fingerprint density at radius 2 is 2.11 bits per heavy atom. The number of halogens is 2. The van der Waals surface area contributed by atoms with Crippen LogP contribution < -0.4 is 11.1 Å². The van der Waals surface area contributed by atoms with Crippen molar-refractivity contribution in [1.82, 2.24) is 15.2 Å². The summed E-state index contributed by atoms with van der Waals surface area (Å²) in [5.74, 6) is 0.0356. The lowest BCUT2D eigenvalue weighted by Gasteiger charge is -2.06. The van der Waals surface area contributed by atoms with Gasteiger partial charge < -0.3 is 11.1 Å². The number of amides is 1. The number of benzene rings is 1. The fourth-order valence-corrected chi connectivity index (χ4v) is 3.28. The molecule has 0 saturated carbocycles. The van der Waals surface area contributed by atoms with E-state index in [0.717, 1.165) is 25.8 Å². The standard InChI is InChI=1S/C18H16I2N6O/c19-7-11-2-1-3-13(6-11)24-18-15(16(21)27)17(25-26-18)23-10-12-4-5-14(8-20)22-9-12/h1-6,9-10H,7-8H2,(H2,21,27)(H2,24,25,26). The highest BCUT2D eigenvalue weighted by atomic mass is 127. The van der Waals surface area contributed by atoms with Crippen LogP contribution in [0.2, 0.25) is 0 Å². The van der Waals surface area contributed by atoms with E-state index in [2.05, 4.69) is 70.7 Å². The number of nitrogens with one attached hydrogen (secondary N) is 2. The van der Waals surface area contributed by atoms with Gasteiger partial charge in [-0.1, -0.05) is 63.4 Å². The van der Waals surface area contributed by atoms with E-state index in [1.54, 1.807) is 12.4 Å². The molecular weight excluding hydrogens is 570 g/mol. The van der Waals surface area contributed by atoms with Gasteiger partial charge in [-0.05, 0) is 23.8 Å². The molecule has 0 atom stereocenters. The molecule has 0 aliphatic rings. The molecule has 1 amide bonds. The van der Waals surface area contributed by atoms with E-state index in [9.17, 15) is 4.79 Å². The number of anilines is 2. The minimum atomic E-state index is -0.609. The van der Waals surface area contributed by atoms with Crippen molar-refractivity contribution < 1.29 is 4.79 Å². The first-order valence-electron chi connectivity index (χ1n) is 7.95. The molecule has 27 heavy (non-hydrogen) atoms. The van der Waals surface area contributed by atoms with Crippen LogP contribution in [0, 0.1) is 0 Å². The number of primary amides is 1. The quantitative estimate of drug-likeness (QED) is 0.219. The van der Waals surface area contributed by atoms with E-state index in [1.807, 2.05) is 36.4 Å². The molecule has 1 aromatic carbocycles. The molecule has 3 aromatic rings. The first kappa shape index (κ1) is 19.7. The SMILES string of the molecule is NC(=O)c1c(N=Cc2ccc(CI)nc2)n[nH]c1Nc1cccc(CI)c1. The van der Waals surface area contributed by atoms with Crippen LogP contribution in [-0.2, 0) is 8.86 Å². The van der Waals surface area contributed by atoms with Gasteiger partial charge >= 0.3 is 0 Å². The highest BCUT2D eigenvalue weighted by Gasteiger charge is 2.18. The minimum absolute atomic E-state index is 0.211. The van der Waals surface area contributed by atoms with Crippen molar-refractivity contribution in [2.75, 3.05) is 5.32 Å². The number of hydrogen-bond acceptors (Lipinski definition) is 5. The second-order valence-electron chi connectivity index (χ2n) is 5.60. The fourth-order valence-electron chi connectivity index (χ4n) is 2.35. The fraction of sp³-hybridized carbons (Fsp3) is 0.111. The van der Waals surface area contributed by atoms with E-state index < -0.39 is 5.91 Å². The first-order chi connectivity index (χ1) is 13.1. The van der Waals surface area contributed by atoms with E-state index in [1.165, 1.54) is 5.56 Å². The highest BCUT2D eigenvalue weighted by Crippen LogP contribution is 2.26. The van der Waals surface area contributed by atoms with Gasteiger partial charge in [0, 0.05) is 32.5 Å². The van der Waals surface area contributed by atoms with Crippen LogP contribution in [0.1, 0.15) is 27.2 Å². The molecule has 7 nitrogen and oxygen atoms in total. The molecular formula is C18H16I2N6O. The van der Waals surface area contributed by atoms with Crippen LogP contribution in [0.5, 0.6) is 0 Å². The lowest BCUT2D eigenvalue weighted by Crippen LogP contribution is -2.12. The number of nitrogens with two attached hydrogens (primary N) is 1. The Bertz CT molecular complexity index is 968. The maximum Gasteiger partial charge on any atom is 0.256 e. The summed E-state index contributed by atoms with van der Waals surface area (Å²) in [5.41, 5.74) is 9.57. The van der Waals surface area contributed by atoms with E-state index >= 15 is 0 Å². The number of carbonyl (C=O) groups excluding carboxylic acids is 1. The largest absolute Gasteiger partial charge is 0.365 e. The Morgan fingerprint density at radius 1 is 1.26 bits per heavy atom. The molecule has 2 aromatic heterocycles. The van der Waals surface area contributed by atoms with Gasteiger partial charge in [0.15, 0.2) is 5.82 Å². The van der Waals surface area contributed by atoms with Crippen molar-refractivity contribution in [3.05, 3.63) is 65.0 Å². The van der Waals surface area contributed by atoms with Crippen molar-refractivity contribution >= 4 is 74.6 Å². The highest BCUT2D eigenvalue weighted by molar-refractivity contribution is 14.1. The van der Waals surface area contributed by atoms with Gasteiger partial charge in [0.05, 0.1) is 5.69 Å². The maximum atomic E-state index is 11.9. The summed E-state index contributed by atoms with van der Waals surface area (Å²) < 4.78 is 1.73. The predicted molar refractivity (Wildman–Crippen MR) is 124 cm³/mol. The van der Waals surface area contributed by atoms with Crippen LogP contribution in [0.25, 0.3) is 0 Å². The number of pyridine rings is 1. The van der Waals surface area contributed by atoms with Gasteiger partial charge in [0.1, 0.15) is 11.4 Å². The molecule has 0 saturated heterocycles. The average molecular weight is 586 g/mol. The van der Waals surface area contributed by atoms with Crippen molar-refractivity contribution in [3.8, 4) is 0 Å². The molecule has 0 aliphatic heterocycles. The first-order valence-corrected chi connectivity index (χ1v) is 11.0. The van der Waals surface area contributed by atoms with Gasteiger partial charge in [-0.3, -0.25) is 14.9 Å². The van der Waals surface area contributed by atoms with Crippen molar-refractivity contribution in [1.29, 1.82) is 0 Å². The van der Waals surface area contributed by atoms with Gasteiger partial charge in [-0.25, -0.2) is 4.99 Å². The summed E-state index contributed by atoms with van der Waals surface area (Å²) in [7, 11) is 0. The monoisotopic (exact) mass is 586 g/mol. The number of nitrogens with zero attached hydrogens (tertiary/aromatic N) is 3. The zero-order valence-electron chi connectivity index (χ0n) is 14.1. The molecule has 0 fully saturated rings. The summed E-state index contributed by atoms with van der Waals surface area (Å²) in [4.78, 5) is 20.6. The van der Waals surface area contributed by atoms with Crippen LogP contribution in [0.4, 0.5) is 17.3 Å². The van der Waals surface area contributed by atoms with Crippen LogP contribution in [-0.4, -0.2) is 27.3 Å². The summed E-state index contributed by atoms with van der Waals surface area (Å²) in [6, 6.07) is 11.7. The van der Waals surface area contributed by atoms with Gasteiger partial charge in [0.2, 0.25) is 0 Å². The van der Waals surface area contributed by atoms with Crippen molar-refractivity contribution in [2.24, 2.45) is 10.7 Å². The third-order valence-electron chi connectivity index (χ3n) is 3.66. The Kier molecular flexibility index (Phi) is 6.77. The average Bonchev–Trinajstić information content (AvgIpc) is 3.09. The Balaban J connectivity index is 1.86. The molecule has 3 rings (SSSR count). The molecule has 0 unspecified atom stereocenters. The summed E-state index contributed by atoms with van der Waals surface area (Å²) >= 11 is 4.55. The Hall–Kier alpha value is -2.02. The molecule has 138 valence electrons. The smallest absolute Gasteiger partial charge is 0.256 e. The molecule has 2 heterocycles. The molecule has 0 spiro atoms. The zero-order chi connectivity index (χ0) is 19.2. The van der Waals surface area contributed by atoms with Crippen molar-refractivity contribution in [2.45, 2.75) is 8.86 Å². The molecule has 0 aliphatic carbocycles. The minimum Gasteiger partial charge on any atom is -0.365 e. The topological polar surface area (TPSA) is 109 Å². The second-order valence-corrected chi connectivity index (χ2v) is 7.12. The lowest BCUT2D eigenvalue weighted by molar-refractivity contribution is 0.100. The molecule has 9 heteroatoms. The second kappa shape index (κ2) is 9.26. The summed E-state index contributed by atoms with van der Waals surface area (Å²) in [6.07, 6.45) is 3.33. The number of aliphatic imine (C=N–C) groups is 1. The number of alkyl halides is 2. The summed E-state index contributed by atoms with van der Waals surface area (Å²) in [5, 5.41) is 10.1. The summed E-state index contributed by atoms with van der Waals surface area (Å²) in [6.45, 7) is 0. The molecule has 4 N–H and O–H groups in total. The predicted octanol–water partition coefficient (Wildman–Crippen LogP) is 4.27. The van der Waals surface area contributed by atoms with Gasteiger partial charge in [0.25, 0.3) is 5.91 Å². The number of H-pyrrole nitrogens is 1. The normalized spacial score (nSPS) is 11.0. The van der Waals surface area contributed by atoms with Gasteiger partial charge in [-0.15, -0.1) is 0 Å². The Morgan fingerprint density at radius 3 is 2.78 bits per heavy atom. The Labute approximate surface area is 183 Å². The number of aromatic nitrogens is 3. The third kappa shape index (κ3) is 5.03. The maximum absolute atomic E-state index is 11.9. The van der Waals surface area contributed by atoms with Crippen molar-refractivity contribution in [3.63, 3.8) is 0 Å². The van der Waals surface area contributed by atoms with Gasteiger partial charge in [-0.2, -0.15) is 5.10 Å². The molecule has 0 bridgehead atoms. The van der Waals surface area contributed by atoms with E-state index in [0.29, 0.717) is 5.82 Å². The number of carbonyl (C=O) groups is 1. The number of aromatic amines is 1. The number of hydrogen-bond donors (Lipinski definition) is 3. The van der Waals surface area contributed by atoms with Crippen LogP contribution in [0.3, 0.4) is 0 Å². The lowest BCUT2D eigenvalue weighted by atomic mass is 10.2. The van der Waals surface area contributed by atoms with Crippen LogP contribution >= 0.6 is 45.2 Å². The number of rotatable bonds is 7. The van der Waals surface area contributed by atoms with E-state index in [4.69, 9.17) is 5.73 Å².